The molecule has 2 rings (SSSR count). The highest BCUT2D eigenvalue weighted by atomic mass is 32.1. The molecule has 0 spiro atoms. The highest BCUT2D eigenvalue weighted by Gasteiger charge is 2.18. The van der Waals surface area contributed by atoms with Crippen LogP contribution in [0.5, 0.6) is 0 Å². The maximum absolute atomic E-state index is 4.56. The van der Waals surface area contributed by atoms with Gasteiger partial charge in [0.15, 0.2) is 5.13 Å². The van der Waals surface area contributed by atoms with Gasteiger partial charge < -0.3 is 4.90 Å². The summed E-state index contributed by atoms with van der Waals surface area (Å²) in [5.41, 5.74) is 1.15. The topological polar surface area (TPSA) is 19.4 Å². The number of aromatic nitrogens is 1. The van der Waals surface area contributed by atoms with Gasteiger partial charge in [-0.25, -0.2) is 4.98 Å². The van der Waals surface area contributed by atoms with E-state index in [1.807, 2.05) is 0 Å². The number of anilines is 1. The molecule has 0 unspecified atom stereocenters. The summed E-state index contributed by atoms with van der Waals surface area (Å²) in [7, 11) is 0. The highest BCUT2D eigenvalue weighted by Crippen LogP contribution is 2.21. The number of nitrogens with zero attached hydrogens (tertiary/aromatic N) is 3. The molecule has 1 aromatic heterocycles. The van der Waals surface area contributed by atoms with Crippen LogP contribution >= 0.6 is 11.3 Å². The van der Waals surface area contributed by atoms with E-state index < -0.39 is 0 Å². The van der Waals surface area contributed by atoms with E-state index >= 15 is 0 Å². The van der Waals surface area contributed by atoms with Gasteiger partial charge in [-0.1, -0.05) is 19.8 Å². The van der Waals surface area contributed by atoms with Crippen LogP contribution in [0.4, 0.5) is 5.13 Å². The van der Waals surface area contributed by atoms with Gasteiger partial charge in [0.2, 0.25) is 0 Å². The summed E-state index contributed by atoms with van der Waals surface area (Å²) in [6.45, 7) is 10.3. The summed E-state index contributed by atoms with van der Waals surface area (Å²) in [6, 6.07) is 0. The van der Waals surface area contributed by atoms with Gasteiger partial charge in [0, 0.05) is 31.6 Å². The van der Waals surface area contributed by atoms with E-state index in [1.54, 1.807) is 11.3 Å². The molecule has 0 saturated carbocycles. The lowest BCUT2D eigenvalue weighted by Gasteiger charge is -2.34. The molecule has 0 N–H and O–H groups in total. The number of thiazole rings is 1. The monoisotopic (exact) mass is 253 g/mol. The van der Waals surface area contributed by atoms with Crippen molar-refractivity contribution in [3.63, 3.8) is 0 Å². The lowest BCUT2D eigenvalue weighted by molar-refractivity contribution is 0.252. The average Bonchev–Trinajstić information content (AvgIpc) is 2.77. The van der Waals surface area contributed by atoms with Gasteiger partial charge >= 0.3 is 0 Å². The number of aryl methyl sites for hydroxylation is 1. The third kappa shape index (κ3) is 3.68. The van der Waals surface area contributed by atoms with Crippen LogP contribution in [0.1, 0.15) is 31.9 Å². The quantitative estimate of drug-likeness (QED) is 0.752. The minimum absolute atomic E-state index is 1.14. The van der Waals surface area contributed by atoms with Gasteiger partial charge in [-0.2, -0.15) is 0 Å². The third-order valence-corrected chi connectivity index (χ3v) is 4.35. The van der Waals surface area contributed by atoms with E-state index in [9.17, 15) is 0 Å². The predicted molar refractivity (Wildman–Crippen MR) is 75.0 cm³/mol. The Morgan fingerprint density at radius 3 is 2.59 bits per heavy atom. The molecular formula is C13H23N3S. The fourth-order valence-corrected chi connectivity index (χ4v) is 3.09. The molecule has 0 aliphatic carbocycles. The van der Waals surface area contributed by atoms with Crippen molar-refractivity contribution in [2.45, 2.75) is 33.1 Å². The Morgan fingerprint density at radius 1 is 1.24 bits per heavy atom. The zero-order valence-corrected chi connectivity index (χ0v) is 11.8. The van der Waals surface area contributed by atoms with Crippen LogP contribution in [-0.2, 0) is 0 Å². The molecule has 2 heterocycles. The number of unbranched alkanes of at least 4 members (excludes halogenated alkanes) is 2. The summed E-state index contributed by atoms with van der Waals surface area (Å²) in [5.74, 6) is 0. The maximum Gasteiger partial charge on any atom is 0.185 e. The second-order valence-electron chi connectivity index (χ2n) is 4.81. The Hall–Kier alpha value is -0.610. The van der Waals surface area contributed by atoms with Crippen LogP contribution in [0.15, 0.2) is 5.38 Å². The number of piperazine rings is 1. The summed E-state index contributed by atoms with van der Waals surface area (Å²) < 4.78 is 0. The van der Waals surface area contributed by atoms with E-state index in [0.717, 1.165) is 18.8 Å². The van der Waals surface area contributed by atoms with E-state index in [0.29, 0.717) is 0 Å². The molecule has 0 radical (unpaired) electrons. The van der Waals surface area contributed by atoms with Gasteiger partial charge in [0.05, 0.1) is 5.69 Å². The molecular weight excluding hydrogens is 230 g/mol. The summed E-state index contributed by atoms with van der Waals surface area (Å²) in [6.07, 6.45) is 4.04. The first kappa shape index (κ1) is 12.8. The van der Waals surface area contributed by atoms with Gasteiger partial charge in [-0.05, 0) is 19.9 Å². The van der Waals surface area contributed by atoms with Crippen molar-refractivity contribution in [2.75, 3.05) is 37.6 Å². The number of hydrogen-bond acceptors (Lipinski definition) is 4. The second kappa shape index (κ2) is 6.36. The Kier molecular flexibility index (Phi) is 4.80. The fraction of sp³-hybridized carbons (Fsp3) is 0.769. The van der Waals surface area contributed by atoms with Crippen molar-refractivity contribution in [2.24, 2.45) is 0 Å². The Bertz CT molecular complexity index is 329. The van der Waals surface area contributed by atoms with Crippen molar-refractivity contribution in [1.82, 2.24) is 9.88 Å². The molecule has 0 amide bonds. The van der Waals surface area contributed by atoms with Crippen molar-refractivity contribution >= 4 is 16.5 Å². The molecule has 17 heavy (non-hydrogen) atoms. The molecule has 0 aromatic carbocycles. The average molecular weight is 253 g/mol. The highest BCUT2D eigenvalue weighted by molar-refractivity contribution is 7.13. The Balaban J connectivity index is 1.74. The number of rotatable bonds is 5. The maximum atomic E-state index is 4.56. The number of hydrogen-bond donors (Lipinski definition) is 0. The molecule has 1 aromatic rings. The fourth-order valence-electron chi connectivity index (χ4n) is 2.23. The second-order valence-corrected chi connectivity index (χ2v) is 5.64. The van der Waals surface area contributed by atoms with Gasteiger partial charge in [-0.15, -0.1) is 11.3 Å². The van der Waals surface area contributed by atoms with Crippen molar-refractivity contribution < 1.29 is 0 Å². The normalized spacial score (nSPS) is 17.6. The van der Waals surface area contributed by atoms with Crippen LogP contribution in [-0.4, -0.2) is 42.6 Å². The molecule has 3 nitrogen and oxygen atoms in total. The van der Waals surface area contributed by atoms with E-state index in [1.165, 1.54) is 44.0 Å². The Labute approximate surface area is 108 Å². The van der Waals surface area contributed by atoms with E-state index in [2.05, 4.69) is 34.0 Å². The van der Waals surface area contributed by atoms with Gasteiger partial charge in [-0.3, -0.25) is 4.90 Å². The molecule has 1 aliphatic heterocycles. The largest absolute Gasteiger partial charge is 0.346 e. The first-order chi connectivity index (χ1) is 8.29. The lowest BCUT2D eigenvalue weighted by Crippen LogP contribution is -2.46. The third-order valence-electron chi connectivity index (χ3n) is 3.33. The summed E-state index contributed by atoms with van der Waals surface area (Å²) in [5, 5.41) is 3.35. The van der Waals surface area contributed by atoms with Crippen molar-refractivity contribution in [3.05, 3.63) is 11.1 Å². The molecule has 1 aliphatic rings. The SMILES string of the molecule is CCCCCN1CCN(c2nc(C)cs2)CC1. The van der Waals surface area contributed by atoms with Gasteiger partial charge in [0.25, 0.3) is 0 Å². The zero-order valence-electron chi connectivity index (χ0n) is 11.0. The molecule has 0 bridgehead atoms. The summed E-state index contributed by atoms with van der Waals surface area (Å²) in [4.78, 5) is 9.58. The standard InChI is InChI=1S/C13H23N3S/c1-3-4-5-6-15-7-9-16(10-8-15)13-14-12(2)11-17-13/h11H,3-10H2,1-2H3. The van der Waals surface area contributed by atoms with Crippen molar-refractivity contribution in [3.8, 4) is 0 Å². The molecule has 4 heteroatoms. The van der Waals surface area contributed by atoms with Crippen LogP contribution in [0.2, 0.25) is 0 Å². The molecule has 1 fully saturated rings. The predicted octanol–water partition coefficient (Wildman–Crippen LogP) is 2.76. The van der Waals surface area contributed by atoms with Crippen LogP contribution < -0.4 is 4.90 Å². The lowest BCUT2D eigenvalue weighted by atomic mass is 10.2. The molecule has 1 saturated heterocycles. The van der Waals surface area contributed by atoms with Crippen LogP contribution in [0.25, 0.3) is 0 Å². The minimum Gasteiger partial charge on any atom is -0.346 e. The van der Waals surface area contributed by atoms with Crippen molar-refractivity contribution in [1.29, 1.82) is 0 Å². The van der Waals surface area contributed by atoms with Crippen LogP contribution in [0, 0.1) is 6.92 Å². The first-order valence-electron chi connectivity index (χ1n) is 6.69. The van der Waals surface area contributed by atoms with Gasteiger partial charge in [0.1, 0.15) is 0 Å². The first-order valence-corrected chi connectivity index (χ1v) is 7.57. The summed E-state index contributed by atoms with van der Waals surface area (Å²) >= 11 is 1.78. The molecule has 96 valence electrons. The Morgan fingerprint density at radius 2 is 2.00 bits per heavy atom. The zero-order chi connectivity index (χ0) is 12.1. The smallest absolute Gasteiger partial charge is 0.185 e. The van der Waals surface area contributed by atoms with Crippen LogP contribution in [0.3, 0.4) is 0 Å². The van der Waals surface area contributed by atoms with E-state index in [-0.39, 0.29) is 0 Å². The molecule has 0 atom stereocenters. The minimum atomic E-state index is 1.14. The van der Waals surface area contributed by atoms with E-state index in [4.69, 9.17) is 0 Å².